The number of rotatable bonds is 2. The second kappa shape index (κ2) is 4.97. The summed E-state index contributed by atoms with van der Waals surface area (Å²) in [5, 5.41) is 10.8. The fraction of sp³-hybridized carbons (Fsp3) is 0.625. The van der Waals surface area contributed by atoms with Crippen molar-refractivity contribution in [1.29, 1.82) is 0 Å². The molecule has 0 aromatic carbocycles. The first-order chi connectivity index (χ1) is 7.06. The highest BCUT2D eigenvalue weighted by Crippen LogP contribution is 2.17. The third-order valence-corrected chi connectivity index (χ3v) is 2.41. The molecular weight excluding hydrogens is 224 g/mol. The zero-order valence-electron chi connectivity index (χ0n) is 7.90. The Hall–Kier alpha value is -1.30. The molecule has 15 heavy (non-hydrogen) atoms. The van der Waals surface area contributed by atoms with Crippen LogP contribution in [0.1, 0.15) is 12.8 Å². The summed E-state index contributed by atoms with van der Waals surface area (Å²) in [6.45, 7) is 0.346. The molecule has 2 N–H and O–H groups in total. The van der Waals surface area contributed by atoms with E-state index in [0.717, 1.165) is 4.90 Å². The van der Waals surface area contributed by atoms with E-state index in [-0.39, 0.29) is 5.88 Å². The van der Waals surface area contributed by atoms with Gasteiger partial charge in [-0.1, -0.05) is 0 Å². The minimum atomic E-state index is -1.05. The van der Waals surface area contributed by atoms with E-state index in [1.165, 1.54) is 0 Å². The largest absolute Gasteiger partial charge is 0.480 e. The van der Waals surface area contributed by atoms with Gasteiger partial charge in [0.2, 0.25) is 5.91 Å². The Bertz CT molecular complexity index is 294. The van der Waals surface area contributed by atoms with Crippen molar-refractivity contribution >= 4 is 29.5 Å². The zero-order valence-corrected chi connectivity index (χ0v) is 8.66. The lowest BCUT2D eigenvalue weighted by Gasteiger charge is -2.20. The summed E-state index contributed by atoms with van der Waals surface area (Å²) in [6.07, 6.45) is 1.04. The van der Waals surface area contributed by atoms with Gasteiger partial charge in [-0.15, -0.1) is 11.6 Å². The monoisotopic (exact) mass is 234 g/mol. The van der Waals surface area contributed by atoms with Gasteiger partial charge >= 0.3 is 12.0 Å². The normalized spacial score (nSPS) is 20.1. The number of hydrogen-bond acceptors (Lipinski definition) is 3. The van der Waals surface area contributed by atoms with E-state index in [4.69, 9.17) is 16.7 Å². The van der Waals surface area contributed by atoms with Crippen LogP contribution in [0.3, 0.4) is 0 Å². The Morgan fingerprint density at radius 3 is 2.67 bits per heavy atom. The summed E-state index contributed by atoms with van der Waals surface area (Å²) in [7, 11) is 0. The summed E-state index contributed by atoms with van der Waals surface area (Å²) >= 11 is 5.20. The van der Waals surface area contributed by atoms with Crippen LogP contribution in [0.4, 0.5) is 4.79 Å². The van der Waals surface area contributed by atoms with Crippen molar-refractivity contribution in [1.82, 2.24) is 10.2 Å². The maximum Gasteiger partial charge on any atom is 0.326 e. The molecule has 84 valence electrons. The van der Waals surface area contributed by atoms with Gasteiger partial charge in [-0.3, -0.25) is 10.1 Å². The second-order valence-corrected chi connectivity index (χ2v) is 3.44. The second-order valence-electron chi connectivity index (χ2n) is 3.18. The molecule has 0 bridgehead atoms. The van der Waals surface area contributed by atoms with Crippen LogP contribution >= 0.6 is 11.6 Å². The fourth-order valence-electron chi connectivity index (χ4n) is 1.49. The molecule has 1 rings (SSSR count). The molecule has 1 aliphatic heterocycles. The van der Waals surface area contributed by atoms with Gasteiger partial charge in [-0.05, 0) is 12.8 Å². The number of likely N-dealkylation sites (tertiary alicyclic amines) is 1. The average molecular weight is 235 g/mol. The molecule has 0 aromatic heterocycles. The number of nitrogens with one attached hydrogen (secondary N) is 1. The van der Waals surface area contributed by atoms with Gasteiger partial charge in [-0.25, -0.2) is 9.59 Å². The number of carbonyl (C=O) groups is 3. The summed E-state index contributed by atoms with van der Waals surface area (Å²) in [5.74, 6) is -2.00. The lowest BCUT2D eigenvalue weighted by atomic mass is 10.2. The summed E-state index contributed by atoms with van der Waals surface area (Å²) in [4.78, 5) is 34.1. The average Bonchev–Trinajstić information content (AvgIpc) is 2.65. The minimum Gasteiger partial charge on any atom is -0.480 e. The van der Waals surface area contributed by atoms with Gasteiger partial charge in [0.05, 0.1) is 0 Å². The number of carboxylic acids is 1. The van der Waals surface area contributed by atoms with Crippen molar-refractivity contribution in [3.8, 4) is 0 Å². The third kappa shape index (κ3) is 2.82. The number of carbonyl (C=O) groups excluding carboxylic acids is 2. The molecule has 0 radical (unpaired) electrons. The van der Waals surface area contributed by atoms with E-state index in [2.05, 4.69) is 0 Å². The SMILES string of the molecule is O=C(CCl)NC(=O)N1CCC[C@H]1C(=O)O. The highest BCUT2D eigenvalue weighted by Gasteiger charge is 2.34. The molecule has 0 aliphatic carbocycles. The van der Waals surface area contributed by atoms with Crippen molar-refractivity contribution in [2.75, 3.05) is 12.4 Å². The Morgan fingerprint density at radius 1 is 1.47 bits per heavy atom. The van der Waals surface area contributed by atoms with E-state index in [0.29, 0.717) is 19.4 Å². The van der Waals surface area contributed by atoms with Crippen LogP contribution in [0.2, 0.25) is 0 Å². The number of imide groups is 1. The van der Waals surface area contributed by atoms with E-state index < -0.39 is 23.9 Å². The molecule has 1 fully saturated rings. The van der Waals surface area contributed by atoms with Crippen molar-refractivity contribution in [2.45, 2.75) is 18.9 Å². The number of amides is 3. The molecule has 1 atom stereocenters. The Kier molecular flexibility index (Phi) is 3.90. The van der Waals surface area contributed by atoms with E-state index >= 15 is 0 Å². The fourth-order valence-corrected chi connectivity index (χ4v) is 1.56. The summed E-state index contributed by atoms with van der Waals surface area (Å²) < 4.78 is 0. The molecule has 3 amide bonds. The minimum absolute atomic E-state index is 0.322. The Balaban J connectivity index is 2.58. The predicted molar refractivity (Wildman–Crippen MR) is 51.6 cm³/mol. The first-order valence-electron chi connectivity index (χ1n) is 4.45. The van der Waals surface area contributed by atoms with E-state index in [1.54, 1.807) is 0 Å². The lowest BCUT2D eigenvalue weighted by Crippen LogP contribution is -2.48. The molecule has 6 nitrogen and oxygen atoms in total. The predicted octanol–water partition coefficient (Wildman–Crippen LogP) is 0.0104. The molecule has 1 saturated heterocycles. The van der Waals surface area contributed by atoms with Crippen molar-refractivity contribution in [2.24, 2.45) is 0 Å². The molecule has 0 aromatic rings. The molecule has 7 heteroatoms. The van der Waals surface area contributed by atoms with Gasteiger partial charge in [0.15, 0.2) is 0 Å². The van der Waals surface area contributed by atoms with Crippen molar-refractivity contribution in [3.63, 3.8) is 0 Å². The highest BCUT2D eigenvalue weighted by molar-refractivity contribution is 6.28. The quantitative estimate of drug-likeness (QED) is 0.659. The standard InChI is InChI=1S/C8H11ClN2O4/c9-4-6(12)10-8(15)11-3-1-2-5(11)7(13)14/h5H,1-4H2,(H,13,14)(H,10,12,15)/t5-/m0/s1. The number of aliphatic carboxylic acids is 1. The van der Waals surface area contributed by atoms with Crippen LogP contribution in [-0.4, -0.2) is 46.4 Å². The highest BCUT2D eigenvalue weighted by atomic mass is 35.5. The van der Waals surface area contributed by atoms with Crippen LogP contribution in [0.15, 0.2) is 0 Å². The van der Waals surface area contributed by atoms with E-state index in [1.807, 2.05) is 5.32 Å². The molecule has 1 heterocycles. The molecule has 0 unspecified atom stereocenters. The van der Waals surface area contributed by atoms with Crippen LogP contribution in [0, 0.1) is 0 Å². The Labute approximate surface area is 91.2 Å². The maximum absolute atomic E-state index is 11.4. The molecule has 0 saturated carbocycles. The van der Waals surface area contributed by atoms with Gasteiger partial charge in [0, 0.05) is 6.54 Å². The zero-order chi connectivity index (χ0) is 11.4. The molecular formula is C8H11ClN2O4. The third-order valence-electron chi connectivity index (χ3n) is 2.17. The number of alkyl halides is 1. The maximum atomic E-state index is 11.4. The molecule has 0 spiro atoms. The number of carboxylic acid groups (broad SMARTS) is 1. The smallest absolute Gasteiger partial charge is 0.326 e. The van der Waals surface area contributed by atoms with Crippen LogP contribution < -0.4 is 5.32 Å². The first-order valence-corrected chi connectivity index (χ1v) is 4.99. The van der Waals surface area contributed by atoms with Crippen molar-refractivity contribution < 1.29 is 19.5 Å². The number of urea groups is 1. The topological polar surface area (TPSA) is 86.7 Å². The lowest BCUT2D eigenvalue weighted by molar-refractivity contribution is -0.141. The van der Waals surface area contributed by atoms with Gasteiger partial charge in [-0.2, -0.15) is 0 Å². The Morgan fingerprint density at radius 2 is 2.13 bits per heavy atom. The number of halogens is 1. The van der Waals surface area contributed by atoms with Gasteiger partial charge < -0.3 is 10.0 Å². The summed E-state index contributed by atoms with van der Waals surface area (Å²) in [5.41, 5.74) is 0. The van der Waals surface area contributed by atoms with Crippen molar-refractivity contribution in [3.05, 3.63) is 0 Å². The van der Waals surface area contributed by atoms with E-state index in [9.17, 15) is 14.4 Å². The molecule has 1 aliphatic rings. The first kappa shape index (κ1) is 11.8. The number of hydrogen-bond donors (Lipinski definition) is 2. The van der Waals surface area contributed by atoms with Crippen LogP contribution in [-0.2, 0) is 9.59 Å². The van der Waals surface area contributed by atoms with Gasteiger partial charge in [0.1, 0.15) is 11.9 Å². The number of nitrogens with zero attached hydrogens (tertiary/aromatic N) is 1. The van der Waals surface area contributed by atoms with Crippen LogP contribution in [0.25, 0.3) is 0 Å². The van der Waals surface area contributed by atoms with Gasteiger partial charge in [0.25, 0.3) is 0 Å². The summed E-state index contributed by atoms with van der Waals surface area (Å²) in [6, 6.07) is -1.53. The van der Waals surface area contributed by atoms with Crippen LogP contribution in [0.5, 0.6) is 0 Å².